The Kier molecular flexibility index (Phi) is 5.78. The Bertz CT molecular complexity index is 578. The van der Waals surface area contributed by atoms with E-state index in [1.807, 2.05) is 11.8 Å². The monoisotopic (exact) mass is 352 g/mol. The molecule has 0 unspecified atom stereocenters. The zero-order valence-corrected chi connectivity index (χ0v) is 14.7. The lowest BCUT2D eigenvalue weighted by molar-refractivity contribution is -0.136. The summed E-state index contributed by atoms with van der Waals surface area (Å²) in [5, 5.41) is 8.80. The molecule has 2 saturated heterocycles. The van der Waals surface area contributed by atoms with Gasteiger partial charge in [-0.25, -0.2) is 0 Å². The molecule has 0 radical (unpaired) electrons. The highest BCUT2D eigenvalue weighted by Gasteiger charge is 2.27. The number of carbonyl (C=O) groups is 2. The zero-order chi connectivity index (χ0) is 16.9. The summed E-state index contributed by atoms with van der Waals surface area (Å²) in [4.78, 5) is 26.3. The van der Waals surface area contributed by atoms with Gasteiger partial charge in [0.15, 0.2) is 5.82 Å². The van der Waals surface area contributed by atoms with E-state index in [2.05, 4.69) is 20.7 Å². The fourth-order valence-electron chi connectivity index (χ4n) is 3.25. The quantitative estimate of drug-likeness (QED) is 0.793. The first-order valence-corrected chi connectivity index (χ1v) is 9.61. The van der Waals surface area contributed by atoms with Crippen LogP contribution in [0, 0.1) is 12.8 Å². The predicted octanol–water partition coefficient (Wildman–Crippen LogP) is 1.26. The Labute approximate surface area is 145 Å². The number of nitrogens with zero attached hydrogens (tertiary/aromatic N) is 2. The van der Waals surface area contributed by atoms with Crippen LogP contribution < -0.4 is 10.6 Å². The number of aryl methyl sites for hydroxylation is 1. The molecule has 0 bridgehead atoms. The third kappa shape index (κ3) is 4.51. The van der Waals surface area contributed by atoms with Crippen LogP contribution in [0.1, 0.15) is 25.0 Å². The van der Waals surface area contributed by atoms with Gasteiger partial charge in [0.25, 0.3) is 0 Å². The summed E-state index contributed by atoms with van der Waals surface area (Å²) in [7, 11) is 0. The van der Waals surface area contributed by atoms with Crippen LogP contribution in [0.25, 0.3) is 0 Å². The van der Waals surface area contributed by atoms with Crippen LogP contribution >= 0.6 is 11.8 Å². The average molecular weight is 352 g/mol. The van der Waals surface area contributed by atoms with E-state index < -0.39 is 11.8 Å². The van der Waals surface area contributed by atoms with E-state index in [-0.39, 0.29) is 5.82 Å². The lowest BCUT2D eigenvalue weighted by Crippen LogP contribution is -2.45. The summed E-state index contributed by atoms with van der Waals surface area (Å²) >= 11 is 2.04. The minimum Gasteiger partial charge on any atom is -0.360 e. The highest BCUT2D eigenvalue weighted by atomic mass is 32.2. The second-order valence-electron chi connectivity index (χ2n) is 6.48. The fourth-order valence-corrected chi connectivity index (χ4v) is 4.50. The second-order valence-corrected chi connectivity index (χ2v) is 7.63. The number of hydrogen-bond acceptors (Lipinski definition) is 6. The van der Waals surface area contributed by atoms with Gasteiger partial charge in [0, 0.05) is 24.4 Å². The van der Waals surface area contributed by atoms with Crippen molar-refractivity contribution in [2.24, 2.45) is 5.92 Å². The molecule has 1 aromatic heterocycles. The average Bonchev–Trinajstić information content (AvgIpc) is 3.25. The summed E-state index contributed by atoms with van der Waals surface area (Å²) in [6, 6.07) is 2.31. The number of piperidine rings is 1. The number of amides is 2. The molecule has 2 N–H and O–H groups in total. The van der Waals surface area contributed by atoms with Gasteiger partial charge < -0.3 is 9.84 Å². The lowest BCUT2D eigenvalue weighted by atomic mass is 9.95. The van der Waals surface area contributed by atoms with Crippen molar-refractivity contribution in [3.8, 4) is 0 Å². The number of likely N-dealkylation sites (tertiary alicyclic amines) is 1. The second kappa shape index (κ2) is 8.02. The summed E-state index contributed by atoms with van der Waals surface area (Å²) < 4.78 is 4.85. The number of hydrogen-bond donors (Lipinski definition) is 2. The fraction of sp³-hybridized carbons (Fsp3) is 0.688. The third-order valence-corrected chi connectivity index (χ3v) is 5.84. The smallest absolute Gasteiger partial charge is 0.314 e. The van der Waals surface area contributed by atoms with Gasteiger partial charge in [-0.1, -0.05) is 5.16 Å². The molecule has 8 heteroatoms. The molecule has 7 nitrogen and oxygen atoms in total. The molecule has 0 aliphatic carbocycles. The molecular weight excluding hydrogens is 328 g/mol. The zero-order valence-electron chi connectivity index (χ0n) is 13.9. The largest absolute Gasteiger partial charge is 0.360 e. The number of aromatic nitrogens is 1. The van der Waals surface area contributed by atoms with Crippen LogP contribution in [0.3, 0.4) is 0 Å². The molecule has 3 heterocycles. The van der Waals surface area contributed by atoms with Crippen LogP contribution in [0.2, 0.25) is 0 Å². The van der Waals surface area contributed by atoms with Crippen molar-refractivity contribution in [3.05, 3.63) is 11.8 Å². The Morgan fingerprint density at radius 1 is 1.33 bits per heavy atom. The Balaban J connectivity index is 1.36. The Hall–Kier alpha value is -1.54. The van der Waals surface area contributed by atoms with Gasteiger partial charge in [-0.05, 0) is 50.9 Å². The van der Waals surface area contributed by atoms with Crippen LogP contribution in [-0.2, 0) is 9.59 Å². The maximum absolute atomic E-state index is 11.9. The molecular formula is C16H24N4O3S. The van der Waals surface area contributed by atoms with Crippen molar-refractivity contribution in [3.63, 3.8) is 0 Å². The first-order chi connectivity index (χ1) is 11.6. The Morgan fingerprint density at radius 3 is 2.75 bits per heavy atom. The molecule has 0 spiro atoms. The van der Waals surface area contributed by atoms with Gasteiger partial charge in [0.1, 0.15) is 5.76 Å². The first-order valence-electron chi connectivity index (χ1n) is 8.46. The van der Waals surface area contributed by atoms with E-state index in [1.165, 1.54) is 17.9 Å². The number of rotatable bonds is 4. The van der Waals surface area contributed by atoms with E-state index in [1.54, 1.807) is 13.0 Å². The maximum Gasteiger partial charge on any atom is 0.314 e. The summed E-state index contributed by atoms with van der Waals surface area (Å²) in [6.07, 6.45) is 3.45. The number of carbonyl (C=O) groups excluding carboxylic acids is 2. The van der Waals surface area contributed by atoms with Crippen LogP contribution in [0.15, 0.2) is 10.6 Å². The van der Waals surface area contributed by atoms with Gasteiger partial charge in [-0.2, -0.15) is 11.8 Å². The lowest BCUT2D eigenvalue weighted by Gasteiger charge is -2.35. The summed E-state index contributed by atoms with van der Waals surface area (Å²) in [5.74, 6) is 2.49. The van der Waals surface area contributed by atoms with Gasteiger partial charge in [0.05, 0.1) is 0 Å². The highest BCUT2D eigenvalue weighted by Crippen LogP contribution is 2.26. The van der Waals surface area contributed by atoms with Gasteiger partial charge in [-0.15, -0.1) is 0 Å². The van der Waals surface area contributed by atoms with Crippen molar-refractivity contribution in [2.45, 2.75) is 32.2 Å². The number of thioether (sulfide) groups is 1. The van der Waals surface area contributed by atoms with Crippen molar-refractivity contribution < 1.29 is 14.1 Å². The van der Waals surface area contributed by atoms with Crippen molar-refractivity contribution in [1.82, 2.24) is 15.4 Å². The van der Waals surface area contributed by atoms with E-state index >= 15 is 0 Å². The van der Waals surface area contributed by atoms with E-state index in [9.17, 15) is 9.59 Å². The molecule has 2 aliphatic heterocycles. The standard InChI is InChI=1S/C16H24N4O3S/c1-11-8-14(19-23-11)18-16(22)15(21)17-9-12-2-5-20(6-3-12)13-4-7-24-10-13/h8,12-13H,2-7,9-10H2,1H3,(H,17,21)(H,18,19,22)/t13-/m1/s1. The van der Waals surface area contributed by atoms with Gasteiger partial charge in [-0.3, -0.25) is 19.8 Å². The first kappa shape index (κ1) is 17.3. The van der Waals surface area contributed by atoms with Gasteiger partial charge in [0.2, 0.25) is 0 Å². The molecule has 0 aromatic carbocycles. The van der Waals surface area contributed by atoms with Crippen molar-refractivity contribution in [1.29, 1.82) is 0 Å². The molecule has 2 amide bonds. The predicted molar refractivity (Wildman–Crippen MR) is 92.9 cm³/mol. The molecule has 132 valence electrons. The molecule has 2 fully saturated rings. The highest BCUT2D eigenvalue weighted by molar-refractivity contribution is 7.99. The van der Waals surface area contributed by atoms with Gasteiger partial charge >= 0.3 is 11.8 Å². The molecule has 1 atom stereocenters. The van der Waals surface area contributed by atoms with E-state index in [0.29, 0.717) is 18.2 Å². The minimum atomic E-state index is -0.705. The number of nitrogens with one attached hydrogen (secondary N) is 2. The van der Waals surface area contributed by atoms with Crippen LogP contribution in [0.5, 0.6) is 0 Å². The van der Waals surface area contributed by atoms with Crippen LogP contribution in [0.4, 0.5) is 5.82 Å². The topological polar surface area (TPSA) is 87.5 Å². The molecule has 2 aliphatic rings. The Morgan fingerprint density at radius 2 is 2.12 bits per heavy atom. The maximum atomic E-state index is 11.9. The van der Waals surface area contributed by atoms with Crippen molar-refractivity contribution in [2.75, 3.05) is 36.5 Å². The molecule has 0 saturated carbocycles. The SMILES string of the molecule is Cc1cc(NC(=O)C(=O)NCC2CCN([C@@H]3CCSC3)CC2)no1. The summed E-state index contributed by atoms with van der Waals surface area (Å²) in [5.41, 5.74) is 0. The molecule has 1 aromatic rings. The molecule has 24 heavy (non-hydrogen) atoms. The van der Waals surface area contributed by atoms with Crippen LogP contribution in [-0.4, -0.2) is 59.1 Å². The van der Waals surface area contributed by atoms with E-state index in [0.717, 1.165) is 32.0 Å². The summed E-state index contributed by atoms with van der Waals surface area (Å²) in [6.45, 7) is 4.46. The third-order valence-electron chi connectivity index (χ3n) is 4.70. The normalized spacial score (nSPS) is 22.5. The van der Waals surface area contributed by atoms with Crippen molar-refractivity contribution >= 4 is 29.4 Å². The molecule has 3 rings (SSSR count). The number of anilines is 1. The van der Waals surface area contributed by atoms with E-state index in [4.69, 9.17) is 4.52 Å². The minimum absolute atomic E-state index is 0.260.